The molecule has 2 rings (SSSR count). The SMILES string of the molecule is COC1CCN(c2cccc(SC)c2C(N)=S)C1. The number of thiocarbonyl (C=S) groups is 1. The minimum Gasteiger partial charge on any atom is -0.389 e. The van der Waals surface area contributed by atoms with Crippen molar-refractivity contribution in [3.8, 4) is 0 Å². The van der Waals surface area contributed by atoms with E-state index in [4.69, 9.17) is 22.7 Å². The second-order valence-corrected chi connectivity index (χ2v) is 5.60. The summed E-state index contributed by atoms with van der Waals surface area (Å²) >= 11 is 6.88. The first-order chi connectivity index (χ1) is 8.67. The fourth-order valence-electron chi connectivity index (χ4n) is 2.34. The van der Waals surface area contributed by atoms with Crippen molar-refractivity contribution >= 4 is 34.7 Å². The zero-order valence-electron chi connectivity index (χ0n) is 10.7. The van der Waals surface area contributed by atoms with Crippen LogP contribution in [0.5, 0.6) is 0 Å². The predicted molar refractivity (Wildman–Crippen MR) is 81.7 cm³/mol. The molecular weight excluding hydrogens is 264 g/mol. The molecule has 0 aromatic heterocycles. The van der Waals surface area contributed by atoms with Gasteiger partial charge in [-0.1, -0.05) is 18.3 Å². The molecule has 0 bridgehead atoms. The molecule has 1 aliphatic rings. The van der Waals surface area contributed by atoms with Gasteiger partial charge in [0.15, 0.2) is 0 Å². The minimum atomic E-state index is 0.308. The van der Waals surface area contributed by atoms with Gasteiger partial charge in [-0.25, -0.2) is 0 Å². The Labute approximate surface area is 118 Å². The highest BCUT2D eigenvalue weighted by Crippen LogP contribution is 2.32. The van der Waals surface area contributed by atoms with E-state index in [0.29, 0.717) is 11.1 Å². The average Bonchev–Trinajstić information content (AvgIpc) is 2.86. The number of nitrogens with zero attached hydrogens (tertiary/aromatic N) is 1. The third kappa shape index (κ3) is 2.63. The number of methoxy groups -OCH3 is 1. The summed E-state index contributed by atoms with van der Waals surface area (Å²) in [4.78, 5) is 3.92. The number of hydrogen-bond acceptors (Lipinski definition) is 4. The summed E-state index contributed by atoms with van der Waals surface area (Å²) in [5.41, 5.74) is 8.02. The second kappa shape index (κ2) is 5.91. The van der Waals surface area contributed by atoms with Gasteiger partial charge < -0.3 is 15.4 Å². The molecule has 2 N–H and O–H groups in total. The third-order valence-electron chi connectivity index (χ3n) is 3.29. The first-order valence-electron chi connectivity index (χ1n) is 5.92. The fourth-order valence-corrected chi connectivity index (χ4v) is 3.25. The molecule has 1 aromatic rings. The maximum absolute atomic E-state index is 5.89. The van der Waals surface area contributed by atoms with Crippen LogP contribution in [0.1, 0.15) is 12.0 Å². The van der Waals surface area contributed by atoms with Gasteiger partial charge in [0, 0.05) is 36.3 Å². The summed E-state index contributed by atoms with van der Waals surface area (Å²) in [6.45, 7) is 1.90. The summed E-state index contributed by atoms with van der Waals surface area (Å²) in [6.07, 6.45) is 3.40. The fraction of sp³-hybridized carbons (Fsp3) is 0.462. The second-order valence-electron chi connectivity index (χ2n) is 4.31. The Morgan fingerprint density at radius 2 is 2.33 bits per heavy atom. The van der Waals surface area contributed by atoms with Crippen molar-refractivity contribution in [2.24, 2.45) is 5.73 Å². The third-order valence-corrected chi connectivity index (χ3v) is 4.27. The van der Waals surface area contributed by atoms with Crippen molar-refractivity contribution in [3.63, 3.8) is 0 Å². The molecule has 1 atom stereocenters. The van der Waals surface area contributed by atoms with Crippen LogP contribution in [0.2, 0.25) is 0 Å². The van der Waals surface area contributed by atoms with Crippen molar-refractivity contribution in [3.05, 3.63) is 23.8 Å². The Bertz CT molecular complexity index is 451. The zero-order chi connectivity index (χ0) is 13.1. The number of benzene rings is 1. The molecule has 1 aliphatic heterocycles. The number of anilines is 1. The molecule has 98 valence electrons. The van der Waals surface area contributed by atoms with Crippen LogP contribution in [0.15, 0.2) is 23.1 Å². The van der Waals surface area contributed by atoms with E-state index in [1.165, 1.54) is 0 Å². The molecular formula is C13H18N2OS2. The van der Waals surface area contributed by atoms with E-state index >= 15 is 0 Å². The van der Waals surface area contributed by atoms with E-state index in [1.807, 2.05) is 6.26 Å². The van der Waals surface area contributed by atoms with Crippen molar-refractivity contribution in [1.82, 2.24) is 0 Å². The van der Waals surface area contributed by atoms with Crippen LogP contribution < -0.4 is 10.6 Å². The summed E-state index contributed by atoms with van der Waals surface area (Å²) < 4.78 is 5.41. The maximum Gasteiger partial charge on any atom is 0.107 e. The summed E-state index contributed by atoms with van der Waals surface area (Å²) in [5, 5.41) is 0. The van der Waals surface area contributed by atoms with E-state index in [0.717, 1.165) is 35.7 Å². The zero-order valence-corrected chi connectivity index (χ0v) is 12.3. The molecule has 1 saturated heterocycles. The van der Waals surface area contributed by atoms with E-state index in [2.05, 4.69) is 23.1 Å². The quantitative estimate of drug-likeness (QED) is 0.677. The smallest absolute Gasteiger partial charge is 0.107 e. The lowest BCUT2D eigenvalue weighted by Crippen LogP contribution is -2.25. The molecule has 1 heterocycles. The first-order valence-corrected chi connectivity index (χ1v) is 7.55. The van der Waals surface area contributed by atoms with Gasteiger partial charge >= 0.3 is 0 Å². The van der Waals surface area contributed by atoms with Crippen LogP contribution in [-0.4, -0.2) is 37.5 Å². The summed E-state index contributed by atoms with van der Waals surface area (Å²) in [6, 6.07) is 6.21. The van der Waals surface area contributed by atoms with Crippen LogP contribution in [-0.2, 0) is 4.74 Å². The Morgan fingerprint density at radius 3 is 2.89 bits per heavy atom. The summed E-state index contributed by atoms with van der Waals surface area (Å²) in [7, 11) is 1.76. The van der Waals surface area contributed by atoms with Gasteiger partial charge in [-0.3, -0.25) is 0 Å². The topological polar surface area (TPSA) is 38.5 Å². The minimum absolute atomic E-state index is 0.308. The molecule has 18 heavy (non-hydrogen) atoms. The van der Waals surface area contributed by atoms with E-state index < -0.39 is 0 Å². The standard InChI is InChI=1S/C13H18N2OS2/c1-16-9-6-7-15(8-9)10-4-3-5-11(18-2)12(10)13(14)17/h3-5,9H,6-8H2,1-2H3,(H2,14,17). The van der Waals surface area contributed by atoms with Gasteiger partial charge in [0.2, 0.25) is 0 Å². The van der Waals surface area contributed by atoms with Crippen molar-refractivity contribution in [2.45, 2.75) is 17.4 Å². The highest BCUT2D eigenvalue weighted by Gasteiger charge is 2.25. The van der Waals surface area contributed by atoms with Crippen molar-refractivity contribution in [2.75, 3.05) is 31.4 Å². The highest BCUT2D eigenvalue weighted by atomic mass is 32.2. The lowest BCUT2D eigenvalue weighted by atomic mass is 10.1. The number of ether oxygens (including phenoxy) is 1. The highest BCUT2D eigenvalue weighted by molar-refractivity contribution is 7.98. The monoisotopic (exact) mass is 282 g/mol. The normalized spacial score (nSPS) is 19.2. The maximum atomic E-state index is 5.89. The van der Waals surface area contributed by atoms with E-state index in [1.54, 1.807) is 18.9 Å². The Balaban J connectivity index is 2.36. The van der Waals surface area contributed by atoms with Crippen molar-refractivity contribution in [1.29, 1.82) is 0 Å². The Morgan fingerprint density at radius 1 is 1.56 bits per heavy atom. The van der Waals surface area contributed by atoms with E-state index in [9.17, 15) is 0 Å². The Kier molecular flexibility index (Phi) is 4.48. The molecule has 0 amide bonds. The van der Waals surface area contributed by atoms with Gasteiger partial charge in [-0.2, -0.15) is 0 Å². The Hall–Kier alpha value is -0.780. The molecule has 5 heteroatoms. The lowest BCUT2D eigenvalue weighted by Gasteiger charge is -2.23. The van der Waals surface area contributed by atoms with Gasteiger partial charge in [-0.05, 0) is 24.8 Å². The van der Waals surface area contributed by atoms with Crippen molar-refractivity contribution < 1.29 is 4.74 Å². The van der Waals surface area contributed by atoms with Gasteiger partial charge in [0.25, 0.3) is 0 Å². The van der Waals surface area contributed by atoms with Gasteiger partial charge in [0.1, 0.15) is 4.99 Å². The van der Waals surface area contributed by atoms with Gasteiger partial charge in [-0.15, -0.1) is 11.8 Å². The number of thioether (sulfide) groups is 1. The lowest BCUT2D eigenvalue weighted by molar-refractivity contribution is 0.121. The first kappa shape index (κ1) is 13.6. The number of hydrogen-bond donors (Lipinski definition) is 1. The predicted octanol–water partition coefficient (Wildman–Crippen LogP) is 2.27. The molecule has 0 saturated carbocycles. The molecule has 1 unspecified atom stereocenters. The molecule has 3 nitrogen and oxygen atoms in total. The molecule has 0 spiro atoms. The average molecular weight is 282 g/mol. The molecule has 1 aromatic carbocycles. The molecule has 0 aliphatic carbocycles. The number of nitrogens with two attached hydrogens (primary N) is 1. The largest absolute Gasteiger partial charge is 0.389 e. The van der Waals surface area contributed by atoms with Crippen LogP contribution >= 0.6 is 24.0 Å². The summed E-state index contributed by atoms with van der Waals surface area (Å²) in [5.74, 6) is 0. The number of rotatable bonds is 4. The van der Waals surface area contributed by atoms with Gasteiger partial charge in [0.05, 0.1) is 6.10 Å². The molecule has 1 fully saturated rings. The van der Waals surface area contributed by atoms with Crippen LogP contribution in [0.4, 0.5) is 5.69 Å². The van der Waals surface area contributed by atoms with Crippen LogP contribution in [0.3, 0.4) is 0 Å². The van der Waals surface area contributed by atoms with Crippen LogP contribution in [0, 0.1) is 0 Å². The van der Waals surface area contributed by atoms with Crippen LogP contribution in [0.25, 0.3) is 0 Å². The van der Waals surface area contributed by atoms with E-state index in [-0.39, 0.29) is 0 Å². The molecule has 0 radical (unpaired) electrons.